The summed E-state index contributed by atoms with van der Waals surface area (Å²) in [4.78, 5) is 39.2. The molecule has 1 heterocycles. The molecule has 2 N–H and O–H groups in total. The second-order valence-corrected chi connectivity index (χ2v) is 9.17. The van der Waals surface area contributed by atoms with Crippen molar-refractivity contribution in [1.82, 2.24) is 10.2 Å². The molecule has 0 unspecified atom stereocenters. The zero-order valence-corrected chi connectivity index (χ0v) is 19.7. The number of nitrogens with one attached hydrogen (secondary N) is 1. The van der Waals surface area contributed by atoms with E-state index in [0.717, 1.165) is 22.3 Å². The highest BCUT2D eigenvalue weighted by Crippen LogP contribution is 2.44. The van der Waals surface area contributed by atoms with Gasteiger partial charge in [-0.05, 0) is 48.4 Å². The number of alkyl carbamates (subject to hydrolysis) is 1. The van der Waals surface area contributed by atoms with Crippen LogP contribution in [0.15, 0.2) is 48.5 Å². The molecule has 180 valence electrons. The van der Waals surface area contributed by atoms with Crippen LogP contribution < -0.4 is 5.32 Å². The molecule has 1 aliphatic heterocycles. The summed E-state index contributed by atoms with van der Waals surface area (Å²) in [6.45, 7) is 4.38. The van der Waals surface area contributed by atoms with Gasteiger partial charge in [0.1, 0.15) is 12.6 Å². The number of carboxylic acid groups (broad SMARTS) is 1. The van der Waals surface area contributed by atoms with E-state index in [1.807, 2.05) is 31.2 Å². The van der Waals surface area contributed by atoms with E-state index in [-0.39, 0.29) is 18.4 Å². The Bertz CT molecular complexity index is 1020. The molecule has 1 aliphatic carbocycles. The average Bonchev–Trinajstić information content (AvgIpc) is 3.16. The van der Waals surface area contributed by atoms with Crippen LogP contribution in [-0.2, 0) is 14.3 Å². The lowest BCUT2D eigenvalue weighted by Crippen LogP contribution is -2.56. The van der Waals surface area contributed by atoms with Crippen molar-refractivity contribution in [1.29, 1.82) is 0 Å². The predicted molar refractivity (Wildman–Crippen MR) is 128 cm³/mol. The summed E-state index contributed by atoms with van der Waals surface area (Å²) < 4.78 is 5.63. The van der Waals surface area contributed by atoms with Crippen molar-refractivity contribution >= 4 is 18.0 Å². The minimum Gasteiger partial charge on any atom is -0.481 e. The molecule has 0 saturated carbocycles. The summed E-state index contributed by atoms with van der Waals surface area (Å²) >= 11 is 0. The van der Waals surface area contributed by atoms with Crippen LogP contribution in [0.25, 0.3) is 11.1 Å². The van der Waals surface area contributed by atoms with E-state index in [4.69, 9.17) is 4.74 Å². The Hall–Kier alpha value is -3.35. The number of aliphatic carboxylic acids is 1. The first-order chi connectivity index (χ1) is 16.4. The monoisotopic (exact) mass is 464 g/mol. The summed E-state index contributed by atoms with van der Waals surface area (Å²) in [5, 5.41) is 12.2. The smallest absolute Gasteiger partial charge is 0.407 e. The number of rotatable bonds is 7. The van der Waals surface area contributed by atoms with Gasteiger partial charge in [0.25, 0.3) is 0 Å². The summed E-state index contributed by atoms with van der Waals surface area (Å²) in [6, 6.07) is 15.1. The second kappa shape index (κ2) is 10.3. The lowest BCUT2D eigenvalue weighted by Gasteiger charge is -2.39. The minimum atomic E-state index is -0.887. The standard InChI is InChI=1S/C27H32N2O5/c1-3-9-24(25(30)29-15-8-14-18(17(29)2)26(31)32)28-27(33)34-16-23-21-12-6-4-10-19(21)20-11-5-7-13-22(20)23/h4-7,10-13,17-18,23-24H,3,8-9,14-16H2,1-2H3,(H,28,33)(H,31,32)/t17-,18-,24-/m1/s1. The van der Waals surface area contributed by atoms with Crippen LogP contribution in [0.4, 0.5) is 4.79 Å². The molecule has 2 aromatic rings. The van der Waals surface area contributed by atoms with E-state index in [9.17, 15) is 19.5 Å². The average molecular weight is 465 g/mol. The molecule has 0 spiro atoms. The van der Waals surface area contributed by atoms with Crippen molar-refractivity contribution in [3.05, 3.63) is 59.7 Å². The molecular formula is C27H32N2O5. The first-order valence-corrected chi connectivity index (χ1v) is 12.1. The quantitative estimate of drug-likeness (QED) is 0.633. The summed E-state index contributed by atoms with van der Waals surface area (Å²) in [5.41, 5.74) is 4.55. The third-order valence-corrected chi connectivity index (χ3v) is 7.10. The molecular weight excluding hydrogens is 432 g/mol. The maximum atomic E-state index is 13.3. The van der Waals surface area contributed by atoms with Crippen molar-refractivity contribution in [2.75, 3.05) is 13.2 Å². The van der Waals surface area contributed by atoms with Crippen molar-refractivity contribution < 1.29 is 24.2 Å². The second-order valence-electron chi connectivity index (χ2n) is 9.17. The molecule has 34 heavy (non-hydrogen) atoms. The van der Waals surface area contributed by atoms with Gasteiger partial charge in [0.15, 0.2) is 0 Å². The maximum Gasteiger partial charge on any atom is 0.407 e. The number of carbonyl (C=O) groups is 3. The molecule has 0 bridgehead atoms. The Kier molecular flexibility index (Phi) is 7.20. The van der Waals surface area contributed by atoms with Crippen LogP contribution in [0.2, 0.25) is 0 Å². The minimum absolute atomic E-state index is 0.0584. The molecule has 1 saturated heterocycles. The topological polar surface area (TPSA) is 95.9 Å². The number of carbonyl (C=O) groups excluding carboxylic acids is 2. The van der Waals surface area contributed by atoms with Gasteiger partial charge in [-0.1, -0.05) is 61.9 Å². The Labute approximate surface area is 200 Å². The number of likely N-dealkylation sites (tertiary alicyclic amines) is 1. The van der Waals surface area contributed by atoms with Crippen LogP contribution >= 0.6 is 0 Å². The first kappa shape index (κ1) is 23.8. The van der Waals surface area contributed by atoms with Crippen LogP contribution in [0.1, 0.15) is 56.6 Å². The lowest BCUT2D eigenvalue weighted by molar-refractivity contribution is -0.149. The van der Waals surface area contributed by atoms with E-state index in [2.05, 4.69) is 29.6 Å². The summed E-state index contributed by atoms with van der Waals surface area (Å²) in [7, 11) is 0. The molecule has 0 aromatic heterocycles. The van der Waals surface area contributed by atoms with Crippen LogP contribution in [0.3, 0.4) is 0 Å². The Balaban J connectivity index is 1.42. The predicted octanol–water partition coefficient (Wildman–Crippen LogP) is 4.41. The van der Waals surface area contributed by atoms with E-state index in [1.54, 1.807) is 11.8 Å². The fraction of sp³-hybridized carbons (Fsp3) is 0.444. The Morgan fingerprint density at radius 2 is 1.71 bits per heavy atom. The molecule has 2 aliphatic rings. The first-order valence-electron chi connectivity index (χ1n) is 12.1. The molecule has 1 fully saturated rings. The third kappa shape index (κ3) is 4.65. The van der Waals surface area contributed by atoms with Crippen molar-refractivity contribution in [2.45, 2.75) is 57.5 Å². The third-order valence-electron chi connectivity index (χ3n) is 7.10. The van der Waals surface area contributed by atoms with Gasteiger partial charge in [-0.3, -0.25) is 9.59 Å². The van der Waals surface area contributed by atoms with Crippen LogP contribution in [-0.4, -0.2) is 53.2 Å². The highest BCUT2D eigenvalue weighted by atomic mass is 16.5. The number of benzene rings is 2. The van der Waals surface area contributed by atoms with Crippen molar-refractivity contribution in [3.63, 3.8) is 0 Å². The number of piperidine rings is 1. The van der Waals surface area contributed by atoms with Crippen molar-refractivity contribution in [2.24, 2.45) is 5.92 Å². The number of amides is 2. The molecule has 2 aromatic carbocycles. The van der Waals surface area contributed by atoms with Gasteiger partial charge in [0, 0.05) is 18.5 Å². The Morgan fingerprint density at radius 1 is 1.09 bits per heavy atom. The van der Waals surface area contributed by atoms with Gasteiger partial charge >= 0.3 is 12.1 Å². The fourth-order valence-corrected chi connectivity index (χ4v) is 5.31. The van der Waals surface area contributed by atoms with Gasteiger partial charge in [-0.15, -0.1) is 0 Å². The SMILES string of the molecule is CCC[C@@H](NC(=O)OCC1c2ccccc2-c2ccccc21)C(=O)N1CCC[C@@H](C(=O)O)[C@H]1C. The summed E-state index contributed by atoms with van der Waals surface area (Å²) in [5.74, 6) is -1.78. The van der Waals surface area contributed by atoms with E-state index >= 15 is 0 Å². The molecule has 0 radical (unpaired) electrons. The largest absolute Gasteiger partial charge is 0.481 e. The molecule has 3 atom stereocenters. The Morgan fingerprint density at radius 3 is 2.29 bits per heavy atom. The lowest BCUT2D eigenvalue weighted by atomic mass is 9.89. The van der Waals surface area contributed by atoms with Gasteiger partial charge in [0.2, 0.25) is 5.91 Å². The number of carboxylic acids is 1. The molecule has 4 rings (SSSR count). The van der Waals surface area contributed by atoms with Crippen LogP contribution in [0.5, 0.6) is 0 Å². The van der Waals surface area contributed by atoms with Gasteiger partial charge in [-0.25, -0.2) is 4.79 Å². The maximum absolute atomic E-state index is 13.3. The summed E-state index contributed by atoms with van der Waals surface area (Å²) in [6.07, 6.45) is 1.72. The highest BCUT2D eigenvalue weighted by Gasteiger charge is 2.38. The van der Waals surface area contributed by atoms with Gasteiger partial charge < -0.3 is 20.1 Å². The molecule has 2 amide bonds. The molecule has 7 nitrogen and oxygen atoms in total. The normalized spacial score (nSPS) is 20.2. The van der Waals surface area contributed by atoms with Gasteiger partial charge in [0.05, 0.1) is 5.92 Å². The number of nitrogens with zero attached hydrogens (tertiary/aromatic N) is 1. The highest BCUT2D eigenvalue weighted by molar-refractivity contribution is 5.87. The number of hydrogen-bond acceptors (Lipinski definition) is 4. The van der Waals surface area contributed by atoms with Gasteiger partial charge in [-0.2, -0.15) is 0 Å². The fourth-order valence-electron chi connectivity index (χ4n) is 5.31. The van der Waals surface area contributed by atoms with E-state index in [1.165, 1.54) is 0 Å². The van der Waals surface area contributed by atoms with Crippen molar-refractivity contribution in [3.8, 4) is 11.1 Å². The number of fused-ring (bicyclic) bond motifs is 3. The van der Waals surface area contributed by atoms with E-state index < -0.39 is 30.1 Å². The zero-order chi connectivity index (χ0) is 24.2. The molecule has 7 heteroatoms. The number of ether oxygens (including phenoxy) is 1. The number of hydrogen-bond donors (Lipinski definition) is 2. The zero-order valence-electron chi connectivity index (χ0n) is 19.7. The van der Waals surface area contributed by atoms with Crippen LogP contribution in [0, 0.1) is 5.92 Å². The van der Waals surface area contributed by atoms with E-state index in [0.29, 0.717) is 32.2 Å².